The van der Waals surface area contributed by atoms with Gasteiger partial charge >= 0.3 is 0 Å². The number of nitrogens with two attached hydrogens (primary N) is 1. The van der Waals surface area contributed by atoms with Gasteiger partial charge in [-0.3, -0.25) is 0 Å². The van der Waals surface area contributed by atoms with Crippen LogP contribution in [0.3, 0.4) is 0 Å². The summed E-state index contributed by atoms with van der Waals surface area (Å²) in [6, 6.07) is 13.8. The van der Waals surface area contributed by atoms with Gasteiger partial charge in [-0.1, -0.05) is 29.8 Å². The lowest BCUT2D eigenvalue weighted by atomic mass is 10.2. The fraction of sp³-hybridized carbons (Fsp3) is 0.143. The highest BCUT2D eigenvalue weighted by molar-refractivity contribution is 7.90. The van der Waals surface area contributed by atoms with Gasteiger partial charge in [-0.05, 0) is 36.8 Å². The van der Waals surface area contributed by atoms with Crippen molar-refractivity contribution in [2.45, 2.75) is 17.6 Å². The lowest BCUT2D eigenvalue weighted by molar-refractivity contribution is 0.595. The van der Waals surface area contributed by atoms with Crippen LogP contribution in [0, 0.1) is 6.92 Å². The topological polar surface area (TPSA) is 60.2 Å². The molecule has 0 fully saturated rings. The second kappa shape index (κ2) is 4.82. The summed E-state index contributed by atoms with van der Waals surface area (Å²) in [4.78, 5) is 0.343. The van der Waals surface area contributed by atoms with E-state index in [1.807, 2.05) is 6.92 Å². The molecule has 3 nitrogen and oxygen atoms in total. The molecule has 2 aromatic rings. The van der Waals surface area contributed by atoms with Crippen LogP contribution in [0.4, 0.5) is 5.69 Å². The van der Waals surface area contributed by atoms with Gasteiger partial charge in [-0.2, -0.15) is 0 Å². The van der Waals surface area contributed by atoms with Gasteiger partial charge in [-0.15, -0.1) is 0 Å². The molecule has 2 aromatic carbocycles. The Morgan fingerprint density at radius 3 is 2.33 bits per heavy atom. The van der Waals surface area contributed by atoms with Gasteiger partial charge in [0.15, 0.2) is 9.84 Å². The standard InChI is InChI=1S/C14H15NO2S/c1-11-5-7-14(8-6-11)18(16,17)10-12-3-2-4-13(15)9-12/h2-9H,10,15H2,1H3. The maximum Gasteiger partial charge on any atom is 0.182 e. The monoisotopic (exact) mass is 261 g/mol. The number of hydrogen-bond donors (Lipinski definition) is 1. The van der Waals surface area contributed by atoms with Gasteiger partial charge in [-0.25, -0.2) is 8.42 Å². The number of rotatable bonds is 3. The Hall–Kier alpha value is -1.81. The normalized spacial score (nSPS) is 11.4. The molecular weight excluding hydrogens is 246 g/mol. The number of benzene rings is 2. The third-order valence-corrected chi connectivity index (χ3v) is 4.39. The predicted molar refractivity (Wildman–Crippen MR) is 72.9 cm³/mol. The highest BCUT2D eigenvalue weighted by Crippen LogP contribution is 2.18. The molecule has 0 saturated heterocycles. The first-order valence-electron chi connectivity index (χ1n) is 5.61. The van der Waals surface area contributed by atoms with Crippen molar-refractivity contribution in [3.63, 3.8) is 0 Å². The fourth-order valence-electron chi connectivity index (χ4n) is 1.73. The molecule has 0 unspecified atom stereocenters. The summed E-state index contributed by atoms with van der Waals surface area (Å²) in [7, 11) is -3.30. The van der Waals surface area contributed by atoms with Crippen molar-refractivity contribution in [2.24, 2.45) is 0 Å². The van der Waals surface area contributed by atoms with Crippen LogP contribution >= 0.6 is 0 Å². The van der Waals surface area contributed by atoms with Gasteiger partial charge in [0.1, 0.15) is 0 Å². The van der Waals surface area contributed by atoms with Crippen LogP contribution in [0.1, 0.15) is 11.1 Å². The smallest absolute Gasteiger partial charge is 0.182 e. The summed E-state index contributed by atoms with van der Waals surface area (Å²) >= 11 is 0. The Morgan fingerprint density at radius 2 is 1.72 bits per heavy atom. The fourth-order valence-corrected chi connectivity index (χ4v) is 3.07. The van der Waals surface area contributed by atoms with Crippen LogP contribution in [0.2, 0.25) is 0 Å². The van der Waals surface area contributed by atoms with E-state index in [4.69, 9.17) is 5.73 Å². The zero-order chi connectivity index (χ0) is 13.2. The van der Waals surface area contributed by atoms with Gasteiger partial charge in [0.2, 0.25) is 0 Å². The van der Waals surface area contributed by atoms with Crippen LogP contribution in [-0.4, -0.2) is 8.42 Å². The molecule has 0 aliphatic heterocycles. The molecule has 0 aliphatic rings. The van der Waals surface area contributed by atoms with Crippen molar-refractivity contribution in [2.75, 3.05) is 5.73 Å². The largest absolute Gasteiger partial charge is 0.399 e. The zero-order valence-corrected chi connectivity index (χ0v) is 10.9. The van der Waals surface area contributed by atoms with Crippen LogP contribution in [0.25, 0.3) is 0 Å². The van der Waals surface area contributed by atoms with Crippen molar-refractivity contribution in [3.05, 3.63) is 59.7 Å². The van der Waals surface area contributed by atoms with Crippen molar-refractivity contribution in [1.29, 1.82) is 0 Å². The summed E-state index contributed by atoms with van der Waals surface area (Å²) < 4.78 is 24.4. The lowest BCUT2D eigenvalue weighted by Gasteiger charge is -2.05. The number of sulfone groups is 1. The molecule has 2 rings (SSSR count). The van der Waals surface area contributed by atoms with E-state index in [1.165, 1.54) is 0 Å². The molecule has 0 bridgehead atoms. The highest BCUT2D eigenvalue weighted by atomic mass is 32.2. The minimum atomic E-state index is -3.30. The van der Waals surface area contributed by atoms with Gasteiger partial charge in [0.05, 0.1) is 10.6 Å². The van der Waals surface area contributed by atoms with Crippen LogP contribution in [0.5, 0.6) is 0 Å². The lowest BCUT2D eigenvalue weighted by Crippen LogP contribution is -2.05. The molecule has 4 heteroatoms. The van der Waals surface area contributed by atoms with E-state index in [-0.39, 0.29) is 5.75 Å². The van der Waals surface area contributed by atoms with Crippen LogP contribution in [0.15, 0.2) is 53.4 Å². The van der Waals surface area contributed by atoms with Gasteiger partial charge in [0, 0.05) is 5.69 Å². The number of anilines is 1. The summed E-state index contributed by atoms with van der Waals surface area (Å²) in [5.74, 6) is -0.0267. The van der Waals surface area contributed by atoms with E-state index in [2.05, 4.69) is 0 Å². The molecule has 2 N–H and O–H groups in total. The van der Waals surface area contributed by atoms with Gasteiger partial charge in [0.25, 0.3) is 0 Å². The second-order valence-corrected chi connectivity index (χ2v) is 6.31. The minimum absolute atomic E-state index is 0.0267. The predicted octanol–water partition coefficient (Wildman–Crippen LogP) is 2.55. The molecule has 18 heavy (non-hydrogen) atoms. The van der Waals surface area contributed by atoms with Crippen molar-refractivity contribution >= 4 is 15.5 Å². The number of aryl methyl sites for hydroxylation is 1. The molecule has 0 amide bonds. The molecule has 0 spiro atoms. The van der Waals surface area contributed by atoms with Crippen LogP contribution < -0.4 is 5.73 Å². The first kappa shape index (κ1) is 12.6. The average Bonchev–Trinajstić information content (AvgIpc) is 2.29. The average molecular weight is 261 g/mol. The van der Waals surface area contributed by atoms with Gasteiger partial charge < -0.3 is 5.73 Å². The van der Waals surface area contributed by atoms with E-state index in [0.717, 1.165) is 5.56 Å². The molecule has 0 heterocycles. The van der Waals surface area contributed by atoms with Crippen molar-refractivity contribution in [3.8, 4) is 0 Å². The van der Waals surface area contributed by atoms with E-state index in [9.17, 15) is 8.42 Å². The summed E-state index contributed by atoms with van der Waals surface area (Å²) in [6.45, 7) is 1.92. The number of nitrogen functional groups attached to an aromatic ring is 1. The summed E-state index contributed by atoms with van der Waals surface area (Å²) in [6.07, 6.45) is 0. The molecule has 0 saturated carbocycles. The Labute approximate surface area is 107 Å². The molecular formula is C14H15NO2S. The minimum Gasteiger partial charge on any atom is -0.399 e. The first-order valence-corrected chi connectivity index (χ1v) is 7.26. The SMILES string of the molecule is Cc1ccc(S(=O)(=O)Cc2cccc(N)c2)cc1. The van der Waals surface area contributed by atoms with Crippen LogP contribution in [-0.2, 0) is 15.6 Å². The van der Waals surface area contributed by atoms with E-state index in [1.54, 1.807) is 48.5 Å². The van der Waals surface area contributed by atoms with Crippen molar-refractivity contribution < 1.29 is 8.42 Å². The molecule has 94 valence electrons. The molecule has 0 radical (unpaired) electrons. The Balaban J connectivity index is 2.30. The Bertz CT molecular complexity index is 646. The summed E-state index contributed by atoms with van der Waals surface area (Å²) in [5.41, 5.74) is 7.96. The first-order chi connectivity index (χ1) is 8.47. The maximum absolute atomic E-state index is 12.2. The quantitative estimate of drug-likeness (QED) is 0.864. The number of hydrogen-bond acceptors (Lipinski definition) is 3. The molecule has 0 atom stereocenters. The molecule has 0 aromatic heterocycles. The van der Waals surface area contributed by atoms with E-state index in [0.29, 0.717) is 16.1 Å². The second-order valence-electron chi connectivity index (χ2n) is 4.32. The van der Waals surface area contributed by atoms with E-state index < -0.39 is 9.84 Å². The van der Waals surface area contributed by atoms with E-state index >= 15 is 0 Å². The third kappa shape index (κ3) is 2.90. The summed E-state index contributed by atoms with van der Waals surface area (Å²) in [5, 5.41) is 0. The maximum atomic E-state index is 12.2. The Kier molecular flexibility index (Phi) is 3.39. The van der Waals surface area contributed by atoms with Crippen molar-refractivity contribution in [1.82, 2.24) is 0 Å². The zero-order valence-electron chi connectivity index (χ0n) is 10.1. The highest BCUT2D eigenvalue weighted by Gasteiger charge is 2.14. The Morgan fingerprint density at radius 1 is 1.06 bits per heavy atom. The molecule has 0 aliphatic carbocycles. The third-order valence-electron chi connectivity index (χ3n) is 2.69.